The molecule has 0 heterocycles. The maximum atomic E-state index is 12.3. The molecule has 0 saturated carbocycles. The fourth-order valence-corrected chi connectivity index (χ4v) is 3.70. The predicted molar refractivity (Wildman–Crippen MR) is 120 cm³/mol. The minimum absolute atomic E-state index is 0.00255. The molecule has 0 bridgehead atoms. The van der Waals surface area contributed by atoms with E-state index in [-0.39, 0.29) is 27.2 Å². The highest BCUT2D eigenvalue weighted by Crippen LogP contribution is 2.33. The number of benzene rings is 2. The summed E-state index contributed by atoms with van der Waals surface area (Å²) in [5.74, 6) is -0.368. The molecule has 0 aliphatic rings. The molecule has 10 nitrogen and oxygen atoms in total. The van der Waals surface area contributed by atoms with E-state index >= 15 is 0 Å². The molecule has 0 radical (unpaired) electrons. The number of amides is 1. The van der Waals surface area contributed by atoms with E-state index in [2.05, 4.69) is 15.3 Å². The van der Waals surface area contributed by atoms with E-state index < -0.39 is 28.6 Å². The maximum Gasteiger partial charge on any atom is 0.513 e. The Labute approximate surface area is 194 Å². The Hall–Kier alpha value is -3.02. The van der Waals surface area contributed by atoms with Gasteiger partial charge in [0.1, 0.15) is 6.54 Å². The summed E-state index contributed by atoms with van der Waals surface area (Å²) >= 11 is 12.0. The first kappa shape index (κ1) is 25.2. The van der Waals surface area contributed by atoms with Crippen LogP contribution < -0.4 is 19.2 Å². The number of nitrogens with zero attached hydrogens (tertiary/aromatic N) is 2. The lowest BCUT2D eigenvalue weighted by molar-refractivity contribution is -0.119. The summed E-state index contributed by atoms with van der Waals surface area (Å²) in [6, 6.07) is 8.93. The van der Waals surface area contributed by atoms with Crippen molar-refractivity contribution in [1.29, 1.82) is 0 Å². The number of anilines is 1. The molecule has 0 fully saturated rings. The summed E-state index contributed by atoms with van der Waals surface area (Å²) in [6.07, 6.45) is 1.32. The number of hydrazone groups is 1. The Bertz CT molecular complexity index is 1140. The number of ether oxygens (including phenoxy) is 3. The number of halogens is 2. The number of carbonyl (C=O) groups is 2. The van der Waals surface area contributed by atoms with Crippen LogP contribution in [0.25, 0.3) is 0 Å². The summed E-state index contributed by atoms with van der Waals surface area (Å²) in [7, 11) is -1.30. The van der Waals surface area contributed by atoms with Crippen LogP contribution in [-0.2, 0) is 19.6 Å². The summed E-state index contributed by atoms with van der Waals surface area (Å²) in [5.41, 5.74) is 2.79. The second-order valence-corrected chi connectivity index (χ2v) is 8.79. The summed E-state index contributed by atoms with van der Waals surface area (Å²) in [6.45, 7) is -0.578. The van der Waals surface area contributed by atoms with Crippen molar-refractivity contribution in [1.82, 2.24) is 5.43 Å². The lowest BCUT2D eigenvalue weighted by Crippen LogP contribution is -2.39. The fraction of sp³-hybridized carbons (Fsp3) is 0.211. The van der Waals surface area contributed by atoms with Crippen LogP contribution in [0.1, 0.15) is 5.56 Å². The van der Waals surface area contributed by atoms with E-state index in [0.717, 1.165) is 10.6 Å². The average Bonchev–Trinajstić information content (AvgIpc) is 2.74. The lowest BCUT2D eigenvalue weighted by atomic mass is 10.2. The second kappa shape index (κ2) is 11.0. The first-order valence-corrected chi connectivity index (χ1v) is 11.3. The van der Waals surface area contributed by atoms with E-state index in [1.54, 1.807) is 6.07 Å². The first-order valence-electron chi connectivity index (χ1n) is 8.74. The largest absolute Gasteiger partial charge is 0.513 e. The molecule has 0 aliphatic heterocycles. The SMILES string of the molecule is COC(=O)Oc1ccc(/C=N/NC(=O)CN(c2cccc(Cl)c2Cl)S(C)(=O)=O)cc1OC. The molecule has 1 amide bonds. The highest BCUT2D eigenvalue weighted by Gasteiger charge is 2.23. The Morgan fingerprint density at radius 3 is 2.50 bits per heavy atom. The topological polar surface area (TPSA) is 124 Å². The highest BCUT2D eigenvalue weighted by atomic mass is 35.5. The minimum atomic E-state index is -3.85. The van der Waals surface area contributed by atoms with E-state index in [4.69, 9.17) is 32.7 Å². The molecular formula is C19H19Cl2N3O7S. The normalized spacial score (nSPS) is 11.2. The Morgan fingerprint density at radius 2 is 1.88 bits per heavy atom. The standard InChI is InChI=1S/C19H19Cl2N3O7S/c1-29-16-9-12(7-8-15(16)31-19(26)30-2)10-22-23-17(25)11-24(32(3,27)28)14-6-4-5-13(20)18(14)21/h4-10H,11H2,1-3H3,(H,23,25)/b22-10+. The Balaban J connectivity index is 2.12. The molecule has 13 heteroatoms. The van der Waals surface area contributed by atoms with Gasteiger partial charge in [0.05, 0.1) is 42.4 Å². The third-order valence-electron chi connectivity index (χ3n) is 3.84. The summed E-state index contributed by atoms with van der Waals surface area (Å²) in [4.78, 5) is 23.5. The maximum absolute atomic E-state index is 12.3. The Morgan fingerprint density at radius 1 is 1.16 bits per heavy atom. The van der Waals surface area contributed by atoms with Crippen molar-refractivity contribution in [2.24, 2.45) is 5.10 Å². The van der Waals surface area contributed by atoms with Gasteiger partial charge in [-0.2, -0.15) is 5.10 Å². The molecular weight excluding hydrogens is 485 g/mol. The second-order valence-electron chi connectivity index (χ2n) is 6.10. The molecule has 2 aromatic rings. The molecule has 172 valence electrons. The van der Waals surface area contributed by atoms with Gasteiger partial charge < -0.3 is 14.2 Å². The van der Waals surface area contributed by atoms with E-state index in [0.29, 0.717) is 5.56 Å². The summed E-state index contributed by atoms with van der Waals surface area (Å²) < 4.78 is 39.7. The molecule has 1 N–H and O–H groups in total. The number of methoxy groups -OCH3 is 2. The van der Waals surface area contributed by atoms with E-state index in [1.807, 2.05) is 0 Å². The van der Waals surface area contributed by atoms with Gasteiger partial charge in [0.25, 0.3) is 5.91 Å². The molecule has 0 unspecified atom stereocenters. The van der Waals surface area contributed by atoms with Gasteiger partial charge in [0.15, 0.2) is 11.5 Å². The zero-order valence-electron chi connectivity index (χ0n) is 17.2. The third-order valence-corrected chi connectivity index (χ3v) is 5.77. The van der Waals surface area contributed by atoms with Crippen LogP contribution in [0.15, 0.2) is 41.5 Å². The third kappa shape index (κ3) is 6.74. The number of nitrogens with one attached hydrogen (secondary N) is 1. The number of rotatable bonds is 8. The van der Waals surface area contributed by atoms with Crippen molar-refractivity contribution < 1.29 is 32.2 Å². The number of sulfonamides is 1. The van der Waals surface area contributed by atoms with Gasteiger partial charge in [-0.05, 0) is 35.9 Å². The fourth-order valence-electron chi connectivity index (χ4n) is 2.39. The quantitative estimate of drug-likeness (QED) is 0.254. The summed E-state index contributed by atoms with van der Waals surface area (Å²) in [5, 5.41) is 3.94. The van der Waals surface area contributed by atoms with Crippen LogP contribution >= 0.6 is 23.2 Å². The smallest absolute Gasteiger partial charge is 0.493 e. The van der Waals surface area contributed by atoms with Crippen LogP contribution in [0, 0.1) is 0 Å². The van der Waals surface area contributed by atoms with Gasteiger partial charge in [0, 0.05) is 0 Å². The van der Waals surface area contributed by atoms with Gasteiger partial charge in [-0.3, -0.25) is 9.10 Å². The molecule has 0 saturated heterocycles. The predicted octanol–water partition coefficient (Wildman–Crippen LogP) is 3.06. The van der Waals surface area contributed by atoms with E-state index in [9.17, 15) is 18.0 Å². The van der Waals surface area contributed by atoms with Gasteiger partial charge in [0.2, 0.25) is 10.0 Å². The first-order chi connectivity index (χ1) is 15.1. The number of hydrogen-bond donors (Lipinski definition) is 1. The lowest BCUT2D eigenvalue weighted by Gasteiger charge is -2.22. The van der Waals surface area contributed by atoms with Crippen LogP contribution in [0.5, 0.6) is 11.5 Å². The van der Waals surface area contributed by atoms with Crippen molar-refractivity contribution in [3.8, 4) is 11.5 Å². The number of hydrogen-bond acceptors (Lipinski definition) is 8. The van der Waals surface area contributed by atoms with Crippen molar-refractivity contribution >= 4 is 57.2 Å². The van der Waals surface area contributed by atoms with Crippen LogP contribution in [0.2, 0.25) is 10.0 Å². The average molecular weight is 504 g/mol. The van der Waals surface area contributed by atoms with Crippen molar-refractivity contribution in [3.05, 3.63) is 52.0 Å². The molecule has 0 aromatic heterocycles. The Kier molecular flexibility index (Phi) is 8.70. The van der Waals surface area contributed by atoms with Gasteiger partial charge >= 0.3 is 6.16 Å². The molecule has 0 atom stereocenters. The molecule has 0 spiro atoms. The van der Waals surface area contributed by atoms with Crippen LogP contribution in [0.3, 0.4) is 0 Å². The van der Waals surface area contributed by atoms with Gasteiger partial charge in [-0.1, -0.05) is 29.3 Å². The zero-order chi connectivity index (χ0) is 23.9. The monoisotopic (exact) mass is 503 g/mol. The van der Waals surface area contributed by atoms with Crippen LogP contribution in [0.4, 0.5) is 10.5 Å². The van der Waals surface area contributed by atoms with Crippen molar-refractivity contribution in [2.75, 3.05) is 31.3 Å². The minimum Gasteiger partial charge on any atom is -0.493 e. The van der Waals surface area contributed by atoms with Gasteiger partial charge in [-0.25, -0.2) is 18.6 Å². The van der Waals surface area contributed by atoms with E-state index in [1.165, 1.54) is 50.8 Å². The molecule has 32 heavy (non-hydrogen) atoms. The molecule has 2 rings (SSSR count). The molecule has 0 aliphatic carbocycles. The molecule has 2 aromatic carbocycles. The number of carbonyl (C=O) groups excluding carboxylic acids is 2. The van der Waals surface area contributed by atoms with Crippen LogP contribution in [-0.4, -0.2) is 53.7 Å². The van der Waals surface area contributed by atoms with Crippen molar-refractivity contribution in [2.45, 2.75) is 0 Å². The highest BCUT2D eigenvalue weighted by molar-refractivity contribution is 7.92. The van der Waals surface area contributed by atoms with Crippen molar-refractivity contribution in [3.63, 3.8) is 0 Å². The van der Waals surface area contributed by atoms with Gasteiger partial charge in [-0.15, -0.1) is 0 Å². The zero-order valence-corrected chi connectivity index (χ0v) is 19.5.